The molecule has 1 amide bonds. The van der Waals surface area contributed by atoms with E-state index in [0.29, 0.717) is 5.92 Å². The second-order valence-corrected chi connectivity index (χ2v) is 7.31. The van der Waals surface area contributed by atoms with Crippen molar-refractivity contribution < 1.29 is 9.53 Å². The molecule has 0 bridgehead atoms. The Hall–Kier alpha value is -0.650. The summed E-state index contributed by atoms with van der Waals surface area (Å²) >= 11 is 0. The van der Waals surface area contributed by atoms with E-state index in [1.807, 2.05) is 0 Å². The van der Waals surface area contributed by atoms with Gasteiger partial charge in [-0.25, -0.2) is 0 Å². The first-order valence-corrected chi connectivity index (χ1v) is 9.44. The Morgan fingerprint density at radius 3 is 2.61 bits per heavy atom. The van der Waals surface area contributed by atoms with E-state index in [1.165, 1.54) is 45.4 Å². The molecule has 1 saturated carbocycles. The van der Waals surface area contributed by atoms with Gasteiger partial charge in [0.2, 0.25) is 5.91 Å². The maximum absolute atomic E-state index is 11.8. The number of hydrogen-bond donors (Lipinski definition) is 1. The Balaban J connectivity index is 1.45. The van der Waals surface area contributed by atoms with Gasteiger partial charge in [0, 0.05) is 32.7 Å². The van der Waals surface area contributed by atoms with E-state index in [-0.39, 0.29) is 18.6 Å². The fourth-order valence-corrected chi connectivity index (χ4v) is 3.52. The molecule has 1 saturated heterocycles. The summed E-state index contributed by atoms with van der Waals surface area (Å²) in [5, 5.41) is 2.99. The zero-order valence-electron chi connectivity index (χ0n) is 15.1. The number of hydrogen-bond acceptors (Lipinski definition) is 4. The van der Waals surface area contributed by atoms with Crippen LogP contribution in [0.1, 0.15) is 45.4 Å². The van der Waals surface area contributed by atoms with Crippen molar-refractivity contribution >= 4 is 5.91 Å². The minimum atomic E-state index is 0.0439. The summed E-state index contributed by atoms with van der Waals surface area (Å²) in [6, 6.07) is 0. The molecule has 5 heteroatoms. The van der Waals surface area contributed by atoms with Crippen LogP contribution < -0.4 is 5.32 Å². The molecule has 0 aromatic carbocycles. The zero-order chi connectivity index (χ0) is 16.5. The lowest BCUT2D eigenvalue weighted by Gasteiger charge is -2.32. The van der Waals surface area contributed by atoms with Crippen LogP contribution in [0.15, 0.2) is 0 Å². The van der Waals surface area contributed by atoms with Crippen LogP contribution in [0.4, 0.5) is 0 Å². The highest BCUT2D eigenvalue weighted by molar-refractivity contribution is 5.77. The van der Waals surface area contributed by atoms with Gasteiger partial charge in [0.15, 0.2) is 0 Å². The van der Waals surface area contributed by atoms with Crippen LogP contribution in [0.3, 0.4) is 0 Å². The van der Waals surface area contributed by atoms with Crippen molar-refractivity contribution in [1.82, 2.24) is 15.1 Å². The molecule has 0 radical (unpaired) electrons. The molecule has 1 N–H and O–H groups in total. The van der Waals surface area contributed by atoms with Crippen LogP contribution in [-0.2, 0) is 9.53 Å². The molecule has 2 fully saturated rings. The van der Waals surface area contributed by atoms with E-state index >= 15 is 0 Å². The Kier molecular flexibility index (Phi) is 8.34. The van der Waals surface area contributed by atoms with Crippen LogP contribution in [0.25, 0.3) is 0 Å². The Morgan fingerprint density at radius 1 is 1.13 bits per heavy atom. The lowest BCUT2D eigenvalue weighted by atomic mass is 9.88. The number of carbonyl (C=O) groups is 1. The summed E-state index contributed by atoms with van der Waals surface area (Å²) in [5.41, 5.74) is 0. The molecule has 1 heterocycles. The van der Waals surface area contributed by atoms with Gasteiger partial charge < -0.3 is 19.9 Å². The van der Waals surface area contributed by atoms with E-state index < -0.39 is 0 Å². The van der Waals surface area contributed by atoms with Crippen molar-refractivity contribution in [2.24, 2.45) is 5.92 Å². The van der Waals surface area contributed by atoms with E-state index in [0.717, 1.165) is 32.4 Å². The van der Waals surface area contributed by atoms with E-state index in [2.05, 4.69) is 29.1 Å². The van der Waals surface area contributed by atoms with Crippen LogP contribution in [-0.4, -0.2) is 74.7 Å². The molecule has 23 heavy (non-hydrogen) atoms. The summed E-state index contributed by atoms with van der Waals surface area (Å²) in [4.78, 5) is 16.7. The third kappa shape index (κ3) is 7.19. The third-order valence-electron chi connectivity index (χ3n) is 5.28. The first-order valence-electron chi connectivity index (χ1n) is 9.44. The van der Waals surface area contributed by atoms with Crippen LogP contribution >= 0.6 is 0 Å². The van der Waals surface area contributed by atoms with Crippen molar-refractivity contribution in [2.75, 3.05) is 52.9 Å². The number of nitrogens with one attached hydrogen (secondary N) is 1. The summed E-state index contributed by atoms with van der Waals surface area (Å²) in [6.07, 6.45) is 7.39. The summed E-state index contributed by atoms with van der Waals surface area (Å²) in [5.74, 6) is 0.641. The maximum Gasteiger partial charge on any atom is 0.246 e. The molecule has 2 aliphatic rings. The van der Waals surface area contributed by atoms with Gasteiger partial charge in [-0.2, -0.15) is 0 Å². The molecule has 0 spiro atoms. The smallest absolute Gasteiger partial charge is 0.246 e. The first-order chi connectivity index (χ1) is 11.1. The minimum Gasteiger partial charge on any atom is -0.368 e. The molecule has 2 atom stereocenters. The highest BCUT2D eigenvalue weighted by atomic mass is 16.5. The number of likely N-dealkylation sites (N-methyl/N-ethyl adjacent to an activating group) is 1. The number of amides is 1. The molecule has 5 nitrogen and oxygen atoms in total. The quantitative estimate of drug-likeness (QED) is 0.690. The summed E-state index contributed by atoms with van der Waals surface area (Å²) in [7, 11) is 2.18. The SMILES string of the molecule is C[C@H]1CCCC[C@@H]1OCC(=O)NCCCCN1CCN(C)CC1. The van der Waals surface area contributed by atoms with Crippen molar-refractivity contribution in [3.63, 3.8) is 0 Å². The lowest BCUT2D eigenvalue weighted by Crippen LogP contribution is -2.44. The monoisotopic (exact) mass is 325 g/mol. The van der Waals surface area contributed by atoms with Crippen molar-refractivity contribution in [3.05, 3.63) is 0 Å². The molecule has 1 aliphatic carbocycles. The fraction of sp³-hybridized carbons (Fsp3) is 0.944. The van der Waals surface area contributed by atoms with Gasteiger partial charge >= 0.3 is 0 Å². The molecule has 0 unspecified atom stereocenters. The lowest BCUT2D eigenvalue weighted by molar-refractivity contribution is -0.129. The highest BCUT2D eigenvalue weighted by Crippen LogP contribution is 2.25. The molecule has 0 aromatic heterocycles. The fourth-order valence-electron chi connectivity index (χ4n) is 3.52. The van der Waals surface area contributed by atoms with E-state index in [9.17, 15) is 4.79 Å². The van der Waals surface area contributed by atoms with Gasteiger partial charge in [-0.05, 0) is 45.2 Å². The minimum absolute atomic E-state index is 0.0439. The largest absolute Gasteiger partial charge is 0.368 e. The van der Waals surface area contributed by atoms with E-state index in [4.69, 9.17) is 4.74 Å². The van der Waals surface area contributed by atoms with Gasteiger partial charge in [-0.15, -0.1) is 0 Å². The second kappa shape index (κ2) is 10.3. The van der Waals surface area contributed by atoms with Crippen LogP contribution in [0, 0.1) is 5.92 Å². The highest BCUT2D eigenvalue weighted by Gasteiger charge is 2.22. The standard InChI is InChI=1S/C18H35N3O2/c1-16-7-3-4-8-17(16)23-15-18(22)19-9-5-6-10-21-13-11-20(2)12-14-21/h16-17H,3-15H2,1-2H3,(H,19,22)/t16-,17-/m0/s1. The topological polar surface area (TPSA) is 44.8 Å². The van der Waals surface area contributed by atoms with Gasteiger partial charge in [-0.1, -0.05) is 19.8 Å². The molecule has 2 rings (SSSR count). The van der Waals surface area contributed by atoms with Gasteiger partial charge in [-0.3, -0.25) is 4.79 Å². The molecule has 1 aliphatic heterocycles. The number of carbonyl (C=O) groups excluding carboxylic acids is 1. The predicted molar refractivity (Wildman–Crippen MR) is 93.6 cm³/mol. The van der Waals surface area contributed by atoms with Gasteiger partial charge in [0.05, 0.1) is 6.10 Å². The summed E-state index contributed by atoms with van der Waals surface area (Å²) < 4.78 is 5.79. The van der Waals surface area contributed by atoms with Crippen LogP contribution in [0.5, 0.6) is 0 Å². The molecular weight excluding hydrogens is 290 g/mol. The van der Waals surface area contributed by atoms with Crippen molar-refractivity contribution in [1.29, 1.82) is 0 Å². The molecular formula is C18H35N3O2. The first kappa shape index (κ1) is 18.7. The molecule has 134 valence electrons. The maximum atomic E-state index is 11.8. The Labute approximate surface area is 141 Å². The number of rotatable bonds is 8. The number of unbranched alkanes of at least 4 members (excludes halogenated alkanes) is 1. The normalized spacial score (nSPS) is 27.0. The van der Waals surface area contributed by atoms with Crippen molar-refractivity contribution in [3.8, 4) is 0 Å². The zero-order valence-corrected chi connectivity index (χ0v) is 15.1. The number of ether oxygens (including phenoxy) is 1. The number of piperazine rings is 1. The predicted octanol–water partition coefficient (Wildman–Crippen LogP) is 1.73. The average Bonchev–Trinajstić information content (AvgIpc) is 2.55. The molecule has 0 aromatic rings. The average molecular weight is 325 g/mol. The van der Waals surface area contributed by atoms with Crippen molar-refractivity contribution in [2.45, 2.75) is 51.6 Å². The van der Waals surface area contributed by atoms with Gasteiger partial charge in [0.25, 0.3) is 0 Å². The second-order valence-electron chi connectivity index (χ2n) is 7.31. The van der Waals surface area contributed by atoms with E-state index in [1.54, 1.807) is 0 Å². The Bertz CT molecular complexity index is 343. The van der Waals surface area contributed by atoms with Crippen LogP contribution in [0.2, 0.25) is 0 Å². The third-order valence-corrected chi connectivity index (χ3v) is 5.28. The summed E-state index contributed by atoms with van der Waals surface area (Å²) in [6.45, 7) is 9.09. The van der Waals surface area contributed by atoms with Gasteiger partial charge in [0.1, 0.15) is 6.61 Å². The number of nitrogens with zero attached hydrogens (tertiary/aromatic N) is 2. The Morgan fingerprint density at radius 2 is 1.87 bits per heavy atom.